The van der Waals surface area contributed by atoms with E-state index in [0.29, 0.717) is 10.2 Å². The molecule has 0 saturated heterocycles. The number of pyridine rings is 1. The molecule has 27 heavy (non-hydrogen) atoms. The molecule has 8 heteroatoms. The molecule has 4 aromatic heterocycles. The van der Waals surface area contributed by atoms with Crippen LogP contribution in [-0.2, 0) is 0 Å². The summed E-state index contributed by atoms with van der Waals surface area (Å²) in [7, 11) is 1.64. The summed E-state index contributed by atoms with van der Waals surface area (Å²) in [5, 5.41) is 13.2. The number of rotatable bonds is 3. The average Bonchev–Trinajstić information content (AvgIpc) is 3.36. The van der Waals surface area contributed by atoms with Crippen LogP contribution in [0.5, 0.6) is 5.75 Å². The number of nitrogens with one attached hydrogen (secondary N) is 1. The van der Waals surface area contributed by atoms with Gasteiger partial charge < -0.3 is 4.74 Å². The second-order valence-corrected chi connectivity index (χ2v) is 7.81. The van der Waals surface area contributed by atoms with Crippen molar-refractivity contribution < 1.29 is 4.74 Å². The minimum absolute atomic E-state index is 0.249. The van der Waals surface area contributed by atoms with Crippen LogP contribution in [-0.4, -0.2) is 27.5 Å². The van der Waals surface area contributed by atoms with E-state index in [2.05, 4.69) is 15.4 Å². The van der Waals surface area contributed by atoms with E-state index >= 15 is 0 Å². The zero-order chi connectivity index (χ0) is 18.4. The molecule has 1 aromatic carbocycles. The van der Waals surface area contributed by atoms with Gasteiger partial charge in [0.2, 0.25) is 0 Å². The van der Waals surface area contributed by atoms with Crippen LogP contribution in [0.1, 0.15) is 0 Å². The summed E-state index contributed by atoms with van der Waals surface area (Å²) >= 11 is 2.97. The van der Waals surface area contributed by atoms with Gasteiger partial charge in [-0.25, -0.2) is 10.1 Å². The molecule has 6 nitrogen and oxygen atoms in total. The Morgan fingerprint density at radius 2 is 2.00 bits per heavy atom. The number of hydrogen-bond donors (Lipinski definition) is 1. The monoisotopic (exact) mass is 392 g/mol. The zero-order valence-electron chi connectivity index (χ0n) is 14.1. The maximum Gasteiger partial charge on any atom is 0.285 e. The molecule has 0 saturated carbocycles. The summed E-state index contributed by atoms with van der Waals surface area (Å²) < 4.78 is 5.80. The van der Waals surface area contributed by atoms with Gasteiger partial charge >= 0.3 is 0 Å². The predicted octanol–water partition coefficient (Wildman–Crippen LogP) is 4.33. The highest BCUT2D eigenvalue weighted by molar-refractivity contribution is 7.25. The van der Waals surface area contributed by atoms with Crippen molar-refractivity contribution in [2.24, 2.45) is 0 Å². The van der Waals surface area contributed by atoms with E-state index < -0.39 is 0 Å². The number of hydrogen-bond acceptors (Lipinski definition) is 7. The van der Waals surface area contributed by atoms with Gasteiger partial charge in [0.15, 0.2) is 0 Å². The Bertz CT molecular complexity index is 1320. The first-order valence-electron chi connectivity index (χ1n) is 8.11. The number of H-pyrrole nitrogens is 1. The molecule has 0 fully saturated rings. The quantitative estimate of drug-likeness (QED) is 0.494. The molecule has 4 heterocycles. The number of methoxy groups -OCH3 is 1. The lowest BCUT2D eigenvalue weighted by atomic mass is 10.0. The molecule has 5 aromatic rings. The lowest BCUT2D eigenvalue weighted by molar-refractivity contribution is 0.415. The lowest BCUT2D eigenvalue weighted by Crippen LogP contribution is -2.07. The molecule has 0 aliphatic heterocycles. The van der Waals surface area contributed by atoms with Crippen molar-refractivity contribution in [2.45, 2.75) is 0 Å². The number of fused-ring (bicyclic) bond motifs is 3. The third-order valence-corrected chi connectivity index (χ3v) is 6.28. The van der Waals surface area contributed by atoms with Gasteiger partial charge in [0.05, 0.1) is 17.7 Å². The van der Waals surface area contributed by atoms with Crippen LogP contribution in [0.4, 0.5) is 0 Å². The summed E-state index contributed by atoms with van der Waals surface area (Å²) in [6.07, 6.45) is 0. The first-order valence-corrected chi connectivity index (χ1v) is 9.81. The highest BCUT2D eigenvalue weighted by atomic mass is 32.1. The highest BCUT2D eigenvalue weighted by Crippen LogP contribution is 2.39. The number of nitrogens with zero attached hydrogens (tertiary/aromatic N) is 3. The van der Waals surface area contributed by atoms with Crippen LogP contribution >= 0.6 is 22.7 Å². The van der Waals surface area contributed by atoms with E-state index in [0.717, 1.165) is 37.7 Å². The van der Waals surface area contributed by atoms with Gasteiger partial charge in [-0.05, 0) is 40.8 Å². The highest BCUT2D eigenvalue weighted by Gasteiger charge is 2.18. The van der Waals surface area contributed by atoms with Crippen LogP contribution in [0, 0.1) is 0 Å². The Balaban J connectivity index is 1.88. The van der Waals surface area contributed by atoms with E-state index in [4.69, 9.17) is 9.72 Å². The molecular weight excluding hydrogens is 380 g/mol. The first-order chi connectivity index (χ1) is 13.2. The zero-order valence-corrected chi connectivity index (χ0v) is 15.7. The Hall–Kier alpha value is -3.10. The van der Waals surface area contributed by atoms with Crippen molar-refractivity contribution in [3.05, 3.63) is 58.2 Å². The van der Waals surface area contributed by atoms with Crippen molar-refractivity contribution in [3.63, 3.8) is 0 Å². The topological polar surface area (TPSA) is 80.8 Å². The molecule has 0 spiro atoms. The predicted molar refractivity (Wildman–Crippen MR) is 109 cm³/mol. The van der Waals surface area contributed by atoms with Crippen molar-refractivity contribution in [1.82, 2.24) is 20.4 Å². The maximum absolute atomic E-state index is 12.2. The van der Waals surface area contributed by atoms with E-state index in [1.807, 2.05) is 47.8 Å². The standard InChI is InChI=1S/C19H12N4O2S2/c1-25-11-6-4-10(5-7-11)12-9-13(14-3-2-8-26-14)20-19-15(12)16-17(27-19)18(24)22-23-21-16/h2-9H,1H3,(H,21,22,24). The smallest absolute Gasteiger partial charge is 0.285 e. The van der Waals surface area contributed by atoms with Gasteiger partial charge in [-0.1, -0.05) is 23.4 Å². The van der Waals surface area contributed by atoms with Gasteiger partial charge in [-0.3, -0.25) is 4.79 Å². The average molecular weight is 392 g/mol. The summed E-state index contributed by atoms with van der Waals surface area (Å²) in [6.45, 7) is 0. The first kappa shape index (κ1) is 16.1. The van der Waals surface area contributed by atoms with Crippen LogP contribution in [0.25, 0.3) is 42.1 Å². The largest absolute Gasteiger partial charge is 0.497 e. The van der Waals surface area contributed by atoms with Gasteiger partial charge in [0.1, 0.15) is 20.8 Å². The van der Waals surface area contributed by atoms with Crippen LogP contribution in [0.2, 0.25) is 0 Å². The second-order valence-electron chi connectivity index (χ2n) is 5.86. The number of benzene rings is 1. The van der Waals surface area contributed by atoms with Crippen LogP contribution in [0.3, 0.4) is 0 Å². The maximum atomic E-state index is 12.2. The van der Waals surface area contributed by atoms with Gasteiger partial charge in [-0.2, -0.15) is 0 Å². The fourth-order valence-corrected chi connectivity index (χ4v) is 4.76. The Morgan fingerprint density at radius 1 is 1.15 bits per heavy atom. The molecule has 1 N–H and O–H groups in total. The number of ether oxygens (including phenoxy) is 1. The molecule has 0 radical (unpaired) electrons. The van der Waals surface area contributed by atoms with Gasteiger partial charge in [-0.15, -0.1) is 27.8 Å². The number of aromatic amines is 1. The SMILES string of the molecule is COc1ccc(-c2cc(-c3cccs3)nc3sc4c(=O)[nH]nnc4c23)cc1. The van der Waals surface area contributed by atoms with E-state index in [1.54, 1.807) is 18.4 Å². The van der Waals surface area contributed by atoms with Crippen molar-refractivity contribution in [1.29, 1.82) is 0 Å². The molecule has 132 valence electrons. The molecule has 0 unspecified atom stereocenters. The Kier molecular flexibility index (Phi) is 3.73. The summed E-state index contributed by atoms with van der Waals surface area (Å²) in [5.41, 5.74) is 3.18. The van der Waals surface area contributed by atoms with Gasteiger partial charge in [0.25, 0.3) is 5.56 Å². The molecule has 0 atom stereocenters. The molecule has 0 bridgehead atoms. The molecule has 5 rings (SSSR count). The Morgan fingerprint density at radius 3 is 2.74 bits per heavy atom. The van der Waals surface area contributed by atoms with E-state index in [-0.39, 0.29) is 5.56 Å². The minimum atomic E-state index is -0.249. The van der Waals surface area contributed by atoms with E-state index in [9.17, 15) is 4.79 Å². The fraction of sp³-hybridized carbons (Fsp3) is 0.0526. The van der Waals surface area contributed by atoms with Crippen LogP contribution in [0.15, 0.2) is 52.6 Å². The van der Waals surface area contributed by atoms with Crippen LogP contribution < -0.4 is 10.3 Å². The van der Waals surface area contributed by atoms with Crippen molar-refractivity contribution >= 4 is 43.1 Å². The number of aromatic nitrogens is 4. The Labute approximate surface area is 161 Å². The lowest BCUT2D eigenvalue weighted by Gasteiger charge is -2.08. The summed E-state index contributed by atoms with van der Waals surface area (Å²) in [4.78, 5) is 18.8. The van der Waals surface area contributed by atoms with E-state index in [1.165, 1.54) is 11.3 Å². The molecule has 0 amide bonds. The second kappa shape index (κ2) is 6.26. The third-order valence-electron chi connectivity index (χ3n) is 4.32. The minimum Gasteiger partial charge on any atom is -0.497 e. The summed E-state index contributed by atoms with van der Waals surface area (Å²) in [6, 6.07) is 13.9. The molecule has 0 aliphatic rings. The summed E-state index contributed by atoms with van der Waals surface area (Å²) in [5.74, 6) is 0.786. The molecular formula is C19H12N4O2S2. The third kappa shape index (κ3) is 2.61. The normalized spacial score (nSPS) is 11.3. The number of thiophene rings is 2. The fourth-order valence-electron chi connectivity index (χ4n) is 3.05. The van der Waals surface area contributed by atoms with Crippen molar-refractivity contribution in [3.8, 4) is 27.4 Å². The molecule has 0 aliphatic carbocycles. The van der Waals surface area contributed by atoms with Gasteiger partial charge in [0, 0.05) is 5.39 Å². The van der Waals surface area contributed by atoms with Crippen molar-refractivity contribution in [2.75, 3.05) is 7.11 Å².